The molecule has 628 valence electrons. The lowest BCUT2D eigenvalue weighted by Crippen LogP contribution is -2.30. The van der Waals surface area contributed by atoms with Crippen LogP contribution in [0.25, 0.3) is 0 Å². The monoisotopic (exact) mass is 1590 g/mol. The fourth-order valence-corrected chi connectivity index (χ4v) is 12.2. The number of phosphoric acid groups is 2. The van der Waals surface area contributed by atoms with Crippen molar-refractivity contribution in [3.8, 4) is 0 Å². The summed E-state index contributed by atoms with van der Waals surface area (Å²) in [5, 5.41) is 20.7. The summed E-state index contributed by atoms with van der Waals surface area (Å²) in [5.74, 6) is -1.63. The first kappa shape index (κ1) is 105. The molecule has 5 unspecified atom stereocenters. The van der Waals surface area contributed by atoms with Gasteiger partial charge < -0.3 is 34.2 Å². The number of hydrogen-bond donors (Lipinski definition) is 4. The number of aliphatic hydroxyl groups excluding tert-OH is 2. The van der Waals surface area contributed by atoms with Crippen molar-refractivity contribution in [3.05, 3.63) is 207 Å². The molecule has 5 atom stereocenters. The van der Waals surface area contributed by atoms with Gasteiger partial charge >= 0.3 is 33.6 Å². The van der Waals surface area contributed by atoms with Crippen molar-refractivity contribution in [1.82, 2.24) is 0 Å². The highest BCUT2D eigenvalue weighted by molar-refractivity contribution is 7.47. The van der Waals surface area contributed by atoms with Crippen molar-refractivity contribution in [2.24, 2.45) is 0 Å². The minimum absolute atomic E-state index is 0.0766. The van der Waals surface area contributed by atoms with E-state index in [1.807, 2.05) is 0 Å². The fraction of sp³-hybridized carbons (Fsp3) is 0.602. The summed E-state index contributed by atoms with van der Waals surface area (Å²) < 4.78 is 61.3. The summed E-state index contributed by atoms with van der Waals surface area (Å²) >= 11 is 0. The molecule has 0 amide bonds. The molecule has 0 aliphatic rings. The molecule has 0 aliphatic carbocycles. The van der Waals surface area contributed by atoms with Crippen molar-refractivity contribution >= 4 is 33.6 Å². The summed E-state index contributed by atoms with van der Waals surface area (Å²) in [6, 6.07) is 0. The Kier molecular flexibility index (Phi) is 79.1. The highest BCUT2D eigenvalue weighted by atomic mass is 31.2. The van der Waals surface area contributed by atoms with Crippen LogP contribution in [0.5, 0.6) is 0 Å². The van der Waals surface area contributed by atoms with Crippen LogP contribution in [-0.4, -0.2) is 95.9 Å². The number of unbranched alkanes of at least 4 members (excludes halogenated alkanes) is 21. The zero-order chi connectivity index (χ0) is 80.8. The highest BCUT2D eigenvalue weighted by Crippen LogP contribution is 2.45. The van der Waals surface area contributed by atoms with Crippen LogP contribution in [-0.2, 0) is 55.8 Å². The van der Waals surface area contributed by atoms with Gasteiger partial charge in [-0.3, -0.25) is 32.5 Å². The van der Waals surface area contributed by atoms with Crippen LogP contribution in [0.4, 0.5) is 0 Å². The Morgan fingerprint density at radius 1 is 0.252 bits per heavy atom. The van der Waals surface area contributed by atoms with Gasteiger partial charge in [-0.05, 0) is 167 Å². The van der Waals surface area contributed by atoms with E-state index in [4.69, 9.17) is 32.3 Å². The number of esters is 3. The molecule has 0 bridgehead atoms. The Bertz CT molecular complexity index is 2850. The van der Waals surface area contributed by atoms with Gasteiger partial charge in [0.2, 0.25) is 0 Å². The van der Waals surface area contributed by atoms with Gasteiger partial charge in [-0.1, -0.05) is 324 Å². The van der Waals surface area contributed by atoms with E-state index < -0.39 is 91.5 Å². The molecule has 0 heterocycles. The van der Waals surface area contributed by atoms with Gasteiger partial charge in [0.1, 0.15) is 25.4 Å². The van der Waals surface area contributed by atoms with Crippen molar-refractivity contribution in [1.29, 1.82) is 0 Å². The second-order valence-electron chi connectivity index (χ2n) is 27.5. The molecular formula is C93H150O16P2. The summed E-state index contributed by atoms with van der Waals surface area (Å²) in [4.78, 5) is 58.9. The number of allylic oxidation sites excluding steroid dienone is 34. The van der Waals surface area contributed by atoms with E-state index in [1.54, 1.807) is 0 Å². The number of aliphatic hydroxyl groups is 2. The topological polar surface area (TPSA) is 231 Å². The van der Waals surface area contributed by atoms with Gasteiger partial charge in [-0.15, -0.1) is 0 Å². The molecule has 0 saturated carbocycles. The molecule has 111 heavy (non-hydrogen) atoms. The summed E-state index contributed by atoms with van der Waals surface area (Å²) in [5.41, 5.74) is 0. The third-order valence-corrected chi connectivity index (χ3v) is 18.9. The van der Waals surface area contributed by atoms with Crippen LogP contribution >= 0.6 is 15.6 Å². The molecule has 0 aromatic rings. The average Bonchev–Trinajstić information content (AvgIpc) is 0.900. The maximum Gasteiger partial charge on any atom is 0.472 e. The van der Waals surface area contributed by atoms with Crippen LogP contribution in [0.15, 0.2) is 207 Å². The molecule has 18 heteroatoms. The van der Waals surface area contributed by atoms with E-state index in [0.29, 0.717) is 19.3 Å². The van der Waals surface area contributed by atoms with Crippen LogP contribution in [0.2, 0.25) is 0 Å². The van der Waals surface area contributed by atoms with E-state index in [9.17, 15) is 43.5 Å². The molecule has 0 aromatic heterocycles. The van der Waals surface area contributed by atoms with Gasteiger partial charge in [-0.2, -0.15) is 0 Å². The molecule has 0 aliphatic heterocycles. The van der Waals surface area contributed by atoms with Crippen LogP contribution < -0.4 is 0 Å². The number of rotatable bonds is 78. The van der Waals surface area contributed by atoms with E-state index in [1.165, 1.54) is 32.1 Å². The van der Waals surface area contributed by atoms with E-state index >= 15 is 0 Å². The molecule has 4 N–H and O–H groups in total. The van der Waals surface area contributed by atoms with Crippen LogP contribution in [0, 0.1) is 0 Å². The van der Waals surface area contributed by atoms with Gasteiger partial charge in [-0.25, -0.2) is 9.13 Å². The Labute approximate surface area is 673 Å². The normalized spacial score (nSPS) is 14.9. The van der Waals surface area contributed by atoms with Crippen molar-refractivity contribution in [3.63, 3.8) is 0 Å². The molecule has 0 aromatic carbocycles. The van der Waals surface area contributed by atoms with Gasteiger partial charge in [0, 0.05) is 19.3 Å². The minimum atomic E-state index is -4.96. The molecule has 0 rings (SSSR count). The van der Waals surface area contributed by atoms with Gasteiger partial charge in [0.05, 0.1) is 26.4 Å². The van der Waals surface area contributed by atoms with Crippen molar-refractivity contribution < 1.29 is 75.8 Å². The lowest BCUT2D eigenvalue weighted by Gasteiger charge is -2.21. The minimum Gasteiger partial charge on any atom is -0.463 e. The summed E-state index contributed by atoms with van der Waals surface area (Å²) in [7, 11) is -9.83. The largest absolute Gasteiger partial charge is 0.472 e. The van der Waals surface area contributed by atoms with E-state index in [0.717, 1.165) is 212 Å². The smallest absolute Gasteiger partial charge is 0.463 e. The first-order chi connectivity index (χ1) is 54.2. The van der Waals surface area contributed by atoms with Crippen molar-refractivity contribution in [2.45, 2.75) is 322 Å². The standard InChI is InChI=1S/C93H150O16P2/c1-4-7-10-13-16-19-22-25-28-31-34-37-40-41-42-43-44-45-48-50-52-55-58-61-64-67-70-73-76-79-91(96)103-82-88(94)83-105-110(99,100)106-84-89(95)85-107-111(101,102)108-87-90(109-93(98)81-78-75-72-69-66-63-60-57-54-51-47-39-36-33-30-27-24-21-18-15-12-9-6-3)86-104-92(97)80-77-74-71-68-65-62-59-56-53-49-46-38-35-32-29-26-23-20-17-14-11-8-5-2/h7-12,16-21,25-30,34-39,41-42,44-45,49,51,53-54,59,62,88-90,94-95H,4-6,13-15,22-24,31-33,40,43,46-48,50,52,55-58,60-61,63-87H2,1-3H3,(H,99,100)(H,101,102)/b10-7-,11-8-,12-9-,19-16-,20-17-,21-18-,28-25-,29-26-,30-27-,37-34-,38-35-,39-36-,42-41-,45-44-,53-49-,54-51-,62-59-. The number of phosphoric ester groups is 2. The molecule has 0 saturated heterocycles. The summed E-state index contributed by atoms with van der Waals surface area (Å²) in [6.45, 7) is 2.28. The van der Waals surface area contributed by atoms with Crippen LogP contribution in [0.3, 0.4) is 0 Å². The third kappa shape index (κ3) is 84.9. The predicted molar refractivity (Wildman–Crippen MR) is 463 cm³/mol. The first-order valence-corrected chi connectivity index (χ1v) is 45.4. The third-order valence-electron chi connectivity index (χ3n) is 17.0. The molecule has 0 radical (unpaired) electrons. The Morgan fingerprint density at radius 2 is 0.450 bits per heavy atom. The van der Waals surface area contributed by atoms with E-state index in [2.05, 4.69) is 227 Å². The average molecular weight is 1590 g/mol. The van der Waals surface area contributed by atoms with Gasteiger partial charge in [0.25, 0.3) is 0 Å². The SMILES string of the molecule is CC/C=C\C/C=C\C/C=C\C/C=C\C/C=C\C/C=C\CCCCCCCCCCCCC(=O)OCC(O)COP(=O)(O)OCC(O)COP(=O)(O)OCC(COC(=O)CCCCCC/C=C\C/C=C\C/C=C\C/C=C\C/C=C\C/C=C\CC)OC(=O)CCCCCCCCC/C=C\C/C=C\C/C=C\C/C=C\C/C=C\CC. The highest BCUT2D eigenvalue weighted by Gasteiger charge is 2.29. The predicted octanol–water partition coefficient (Wildman–Crippen LogP) is 25.7. The van der Waals surface area contributed by atoms with E-state index in [-0.39, 0.29) is 19.3 Å². The number of carbonyl (C=O) groups excluding carboxylic acids is 3. The second kappa shape index (κ2) is 83.6. The molecular weight excluding hydrogens is 1430 g/mol. The molecule has 0 fully saturated rings. The van der Waals surface area contributed by atoms with Crippen LogP contribution in [0.1, 0.15) is 303 Å². The zero-order valence-corrected chi connectivity index (χ0v) is 70.6. The Morgan fingerprint density at radius 3 is 0.712 bits per heavy atom. The maximum absolute atomic E-state index is 13.0. The zero-order valence-electron chi connectivity index (χ0n) is 68.8. The molecule has 0 spiro atoms. The lowest BCUT2D eigenvalue weighted by molar-refractivity contribution is -0.161. The Hall–Kier alpha value is -5.87. The quantitative estimate of drug-likeness (QED) is 0.0146. The lowest BCUT2D eigenvalue weighted by atomic mass is 10.1. The first-order valence-electron chi connectivity index (χ1n) is 42.4. The maximum atomic E-state index is 13.0. The van der Waals surface area contributed by atoms with Gasteiger partial charge in [0.15, 0.2) is 6.10 Å². The number of hydrogen-bond acceptors (Lipinski definition) is 14. The molecule has 16 nitrogen and oxygen atoms in total. The van der Waals surface area contributed by atoms with Crippen molar-refractivity contribution in [2.75, 3.05) is 39.6 Å². The summed E-state index contributed by atoms with van der Waals surface area (Å²) in [6.07, 6.45) is 111. The number of carbonyl (C=O) groups is 3. The number of ether oxygens (including phenoxy) is 3. The Balaban J connectivity index is 4.71. The second-order valence-corrected chi connectivity index (χ2v) is 30.4. The fourth-order valence-electron chi connectivity index (χ4n) is 10.7.